The van der Waals surface area contributed by atoms with Gasteiger partial charge in [-0.1, -0.05) is 64.7 Å². The number of unbranched alkanes of at least 4 members (excludes halogenated alkanes) is 9. The predicted molar refractivity (Wildman–Crippen MR) is 149 cm³/mol. The summed E-state index contributed by atoms with van der Waals surface area (Å²) in [6.45, 7) is 3.27. The molecule has 0 atom stereocenters. The summed E-state index contributed by atoms with van der Waals surface area (Å²) < 4.78 is 22.8. The average Bonchev–Trinajstić information content (AvgIpc) is 3.53. The molecule has 5 nitrogen and oxygen atoms in total. The molecule has 0 bridgehead atoms. The van der Waals surface area contributed by atoms with Gasteiger partial charge in [-0.3, -0.25) is 0 Å². The molecule has 9 heteroatoms. The lowest BCUT2D eigenvalue weighted by Gasteiger charge is -2.08. The van der Waals surface area contributed by atoms with Crippen molar-refractivity contribution < 1.29 is 0 Å². The smallest absolute Gasteiger partial charge is 0.119 e. The molecule has 0 radical (unpaired) electrons. The Kier molecular flexibility index (Phi) is 7.59. The molecule has 174 valence electrons. The summed E-state index contributed by atoms with van der Waals surface area (Å²) in [6.07, 6.45) is 13.4. The fourth-order valence-corrected chi connectivity index (χ4v) is 7.18. The quantitative estimate of drug-likeness (QED) is 0.140. The van der Waals surface area contributed by atoms with Crippen LogP contribution < -0.4 is 0 Å². The second kappa shape index (κ2) is 10.6. The van der Waals surface area contributed by atoms with E-state index < -0.39 is 0 Å². The average molecular weight is 609 g/mol. The molecule has 0 unspecified atom stereocenters. The van der Waals surface area contributed by atoms with Crippen molar-refractivity contribution >= 4 is 99.2 Å². The van der Waals surface area contributed by atoms with Gasteiger partial charge in [0.25, 0.3) is 0 Å². The molecule has 0 N–H and O–H groups in total. The molecule has 0 aliphatic carbocycles. The molecular weight excluding hydrogens is 582 g/mol. The van der Waals surface area contributed by atoms with Gasteiger partial charge in [-0.25, -0.2) is 0 Å². The molecule has 0 aliphatic heterocycles. The number of aryl methyl sites for hydroxylation is 1. The number of nitrogens with zero attached hydrogens (tertiary/aromatic N) is 5. The van der Waals surface area contributed by atoms with Crippen molar-refractivity contribution in [1.29, 1.82) is 0 Å². The van der Waals surface area contributed by atoms with Crippen LogP contribution in [-0.4, -0.2) is 22.1 Å². The Bertz CT molecular complexity index is 1310. The summed E-state index contributed by atoms with van der Waals surface area (Å²) in [4.78, 5) is 0. The van der Waals surface area contributed by atoms with Crippen molar-refractivity contribution in [3.8, 4) is 0 Å². The Morgan fingerprint density at radius 1 is 0.636 bits per heavy atom. The summed E-state index contributed by atoms with van der Waals surface area (Å²) in [7, 11) is 0. The van der Waals surface area contributed by atoms with Gasteiger partial charge in [0.2, 0.25) is 0 Å². The lowest BCUT2D eigenvalue weighted by atomic mass is 10.1. The van der Waals surface area contributed by atoms with E-state index in [4.69, 9.17) is 0 Å². The van der Waals surface area contributed by atoms with E-state index in [1.165, 1.54) is 98.7 Å². The SMILES string of the molecule is CCCCCCCCCCCCn1c2cc(Br)c3nsnc3c2c2c3nsnc3c(Br)cc21. The number of benzene rings is 2. The van der Waals surface area contributed by atoms with Gasteiger partial charge in [-0.05, 0) is 50.4 Å². The first-order chi connectivity index (χ1) is 16.2. The molecule has 33 heavy (non-hydrogen) atoms. The highest BCUT2D eigenvalue weighted by Gasteiger charge is 2.22. The van der Waals surface area contributed by atoms with Gasteiger partial charge >= 0.3 is 0 Å². The number of rotatable bonds is 11. The third-order valence-corrected chi connectivity index (χ3v) is 8.78. The number of halogens is 2. The lowest BCUT2D eigenvalue weighted by Crippen LogP contribution is -1.98. The first-order valence-electron chi connectivity index (χ1n) is 11.9. The van der Waals surface area contributed by atoms with Crippen LogP contribution in [0.2, 0.25) is 0 Å². The van der Waals surface area contributed by atoms with Crippen LogP contribution in [0.5, 0.6) is 0 Å². The first-order valence-corrected chi connectivity index (χ1v) is 14.9. The minimum atomic E-state index is 0.921. The lowest BCUT2D eigenvalue weighted by molar-refractivity contribution is 0.541. The van der Waals surface area contributed by atoms with Gasteiger partial charge in [0.15, 0.2) is 0 Å². The van der Waals surface area contributed by atoms with E-state index in [1.54, 1.807) is 0 Å². The number of hydrogen-bond acceptors (Lipinski definition) is 6. The molecule has 0 fully saturated rings. The fourth-order valence-electron chi connectivity index (χ4n) is 4.83. The molecule has 2 aromatic carbocycles. The summed E-state index contributed by atoms with van der Waals surface area (Å²) >= 11 is 9.99. The minimum absolute atomic E-state index is 0.921. The molecule has 3 aromatic heterocycles. The van der Waals surface area contributed by atoms with Gasteiger partial charge in [0.1, 0.15) is 22.1 Å². The molecule has 5 rings (SSSR count). The molecule has 0 spiro atoms. The van der Waals surface area contributed by atoms with E-state index in [0.717, 1.165) is 48.3 Å². The maximum absolute atomic E-state index is 4.67. The Morgan fingerprint density at radius 3 is 1.55 bits per heavy atom. The van der Waals surface area contributed by atoms with E-state index in [9.17, 15) is 0 Å². The molecule has 0 saturated heterocycles. The van der Waals surface area contributed by atoms with Crippen LogP contribution in [0.15, 0.2) is 21.1 Å². The maximum atomic E-state index is 4.67. The van der Waals surface area contributed by atoms with Crippen LogP contribution in [0.3, 0.4) is 0 Å². The Hall–Kier alpha value is -1.16. The van der Waals surface area contributed by atoms with E-state index >= 15 is 0 Å². The van der Waals surface area contributed by atoms with Gasteiger partial charge in [0.05, 0.1) is 34.5 Å². The Morgan fingerprint density at radius 2 is 1.06 bits per heavy atom. The maximum Gasteiger partial charge on any atom is 0.119 e. The monoisotopic (exact) mass is 607 g/mol. The van der Waals surface area contributed by atoms with E-state index in [1.807, 2.05) is 0 Å². The van der Waals surface area contributed by atoms with E-state index in [0.29, 0.717) is 0 Å². The second-order valence-corrected chi connectivity index (χ2v) is 11.5. The normalized spacial score (nSPS) is 12.2. The van der Waals surface area contributed by atoms with Crippen LogP contribution in [0.1, 0.15) is 71.1 Å². The first kappa shape index (κ1) is 23.6. The zero-order valence-electron chi connectivity index (χ0n) is 18.7. The van der Waals surface area contributed by atoms with Crippen LogP contribution in [-0.2, 0) is 6.54 Å². The fraction of sp³-hybridized carbons (Fsp3) is 0.500. The molecule has 0 saturated carbocycles. The third-order valence-electron chi connectivity index (χ3n) is 6.51. The van der Waals surface area contributed by atoms with Crippen molar-refractivity contribution in [2.24, 2.45) is 0 Å². The standard InChI is InChI=1S/C24H27Br2N5S2/c1-2-3-4-5-6-7-8-9-10-11-12-31-17-13-15(25)21-23(29-32-27-21)19(17)20-18(31)14-16(26)22-24(20)30-33-28-22/h13-14H,2-12H2,1H3. The second-order valence-electron chi connectivity index (χ2n) is 8.76. The van der Waals surface area contributed by atoms with Gasteiger partial charge in [0, 0.05) is 26.3 Å². The minimum Gasteiger partial charge on any atom is -0.340 e. The topological polar surface area (TPSA) is 56.5 Å². The molecule has 3 heterocycles. The van der Waals surface area contributed by atoms with Gasteiger partial charge in [-0.15, -0.1) is 0 Å². The Labute approximate surface area is 218 Å². The van der Waals surface area contributed by atoms with Crippen molar-refractivity contribution in [1.82, 2.24) is 22.1 Å². The van der Waals surface area contributed by atoms with Crippen molar-refractivity contribution in [3.05, 3.63) is 21.1 Å². The largest absolute Gasteiger partial charge is 0.340 e. The Balaban J connectivity index is 1.41. The van der Waals surface area contributed by atoms with Gasteiger partial charge < -0.3 is 4.57 Å². The molecule has 0 aliphatic rings. The van der Waals surface area contributed by atoms with Crippen molar-refractivity contribution in [2.75, 3.05) is 0 Å². The summed E-state index contributed by atoms with van der Waals surface area (Å²) in [5.41, 5.74) is 6.14. The highest BCUT2D eigenvalue weighted by Crippen LogP contribution is 2.42. The zero-order valence-corrected chi connectivity index (χ0v) is 23.5. The van der Waals surface area contributed by atoms with Crippen LogP contribution in [0, 0.1) is 0 Å². The van der Waals surface area contributed by atoms with E-state index in [-0.39, 0.29) is 0 Å². The molecule has 5 aromatic rings. The van der Waals surface area contributed by atoms with Crippen LogP contribution in [0.4, 0.5) is 0 Å². The van der Waals surface area contributed by atoms with Gasteiger partial charge in [-0.2, -0.15) is 17.5 Å². The molecule has 0 amide bonds. The number of fused-ring (bicyclic) bond motifs is 7. The number of aromatic nitrogens is 5. The van der Waals surface area contributed by atoms with Crippen molar-refractivity contribution in [3.63, 3.8) is 0 Å². The van der Waals surface area contributed by atoms with Crippen LogP contribution >= 0.6 is 55.3 Å². The highest BCUT2D eigenvalue weighted by molar-refractivity contribution is 9.11. The van der Waals surface area contributed by atoms with Crippen molar-refractivity contribution in [2.45, 2.75) is 77.7 Å². The highest BCUT2D eigenvalue weighted by atomic mass is 79.9. The van der Waals surface area contributed by atoms with E-state index in [2.05, 4.69) is 73.0 Å². The predicted octanol–water partition coefficient (Wildman–Crippen LogP) is 9.25. The summed E-state index contributed by atoms with van der Waals surface area (Å²) in [5.74, 6) is 0. The summed E-state index contributed by atoms with van der Waals surface area (Å²) in [6, 6.07) is 4.41. The third kappa shape index (κ3) is 4.58. The van der Waals surface area contributed by atoms with Crippen LogP contribution in [0.25, 0.3) is 43.9 Å². The number of hydrogen-bond donors (Lipinski definition) is 0. The molecular formula is C24H27Br2N5S2. The zero-order chi connectivity index (χ0) is 22.8. The summed E-state index contributed by atoms with van der Waals surface area (Å²) in [5, 5.41) is 2.29.